The molecule has 0 aliphatic rings. The number of ether oxygens (including phenoxy) is 1. The molecule has 0 unspecified atom stereocenters. The van der Waals surface area contributed by atoms with Gasteiger partial charge in [-0.05, 0) is 30.3 Å². The number of anilines is 1. The fourth-order valence-electron chi connectivity index (χ4n) is 1.77. The first-order chi connectivity index (χ1) is 9.19. The molecule has 2 rings (SSSR count). The van der Waals surface area contributed by atoms with E-state index in [1.54, 1.807) is 19.2 Å². The van der Waals surface area contributed by atoms with Crippen LogP contribution in [0, 0.1) is 0 Å². The lowest BCUT2D eigenvalue weighted by Crippen LogP contribution is -2.14. The fraction of sp³-hybridized carbons (Fsp3) is 0.133. The van der Waals surface area contributed by atoms with Gasteiger partial charge in [-0.1, -0.05) is 18.2 Å². The number of amides is 1. The van der Waals surface area contributed by atoms with Crippen molar-refractivity contribution in [2.75, 3.05) is 12.4 Å². The van der Waals surface area contributed by atoms with Gasteiger partial charge in [-0.25, -0.2) is 0 Å². The normalized spacial score (nSPS) is 9.95. The maximum atomic E-state index is 11.9. The number of hydrogen-bond donors (Lipinski definition) is 2. The molecule has 98 valence electrons. The highest BCUT2D eigenvalue weighted by Crippen LogP contribution is 2.19. The number of para-hydroxylation sites is 1. The van der Waals surface area contributed by atoms with Gasteiger partial charge in [0.2, 0.25) is 5.91 Å². The van der Waals surface area contributed by atoms with Crippen molar-refractivity contribution in [3.63, 3.8) is 0 Å². The quantitative estimate of drug-likeness (QED) is 0.828. The number of carbonyl (C=O) groups excluding carboxylic acids is 1. The number of aromatic hydroxyl groups is 1. The Balaban J connectivity index is 2.03. The van der Waals surface area contributed by atoms with Crippen molar-refractivity contribution in [2.24, 2.45) is 0 Å². The van der Waals surface area contributed by atoms with E-state index in [0.717, 1.165) is 5.56 Å². The smallest absolute Gasteiger partial charge is 0.228 e. The van der Waals surface area contributed by atoms with Gasteiger partial charge in [0.15, 0.2) is 0 Å². The third-order valence-corrected chi connectivity index (χ3v) is 2.69. The van der Waals surface area contributed by atoms with Crippen LogP contribution in [0.1, 0.15) is 5.56 Å². The van der Waals surface area contributed by atoms with Crippen LogP contribution in [0.5, 0.6) is 11.5 Å². The van der Waals surface area contributed by atoms with Crippen LogP contribution < -0.4 is 10.1 Å². The largest absolute Gasteiger partial charge is 0.508 e. The zero-order valence-electron chi connectivity index (χ0n) is 10.6. The Morgan fingerprint density at radius 1 is 1.16 bits per heavy atom. The van der Waals surface area contributed by atoms with Gasteiger partial charge in [0.1, 0.15) is 11.5 Å². The van der Waals surface area contributed by atoms with E-state index in [2.05, 4.69) is 5.32 Å². The second-order valence-corrected chi connectivity index (χ2v) is 4.08. The molecule has 2 aromatic rings. The summed E-state index contributed by atoms with van der Waals surface area (Å²) in [6.07, 6.45) is 0.241. The number of benzene rings is 2. The molecule has 1 amide bonds. The lowest BCUT2D eigenvalue weighted by Gasteiger charge is -2.08. The van der Waals surface area contributed by atoms with Crippen LogP contribution >= 0.6 is 0 Å². The van der Waals surface area contributed by atoms with Gasteiger partial charge in [-0.15, -0.1) is 0 Å². The highest BCUT2D eigenvalue weighted by molar-refractivity contribution is 5.92. The summed E-state index contributed by atoms with van der Waals surface area (Å²) in [7, 11) is 1.58. The molecule has 0 radical (unpaired) electrons. The van der Waals surface area contributed by atoms with Gasteiger partial charge in [-0.2, -0.15) is 0 Å². The topological polar surface area (TPSA) is 58.6 Å². The van der Waals surface area contributed by atoms with E-state index in [4.69, 9.17) is 9.84 Å². The Bertz CT molecular complexity index is 564. The first-order valence-electron chi connectivity index (χ1n) is 5.90. The molecular formula is C15H15NO3. The lowest BCUT2D eigenvalue weighted by molar-refractivity contribution is -0.115. The van der Waals surface area contributed by atoms with Gasteiger partial charge < -0.3 is 15.2 Å². The zero-order valence-corrected chi connectivity index (χ0v) is 10.6. The molecule has 0 atom stereocenters. The average molecular weight is 257 g/mol. The molecule has 0 bridgehead atoms. The number of phenols is 1. The molecule has 0 aliphatic heterocycles. The van der Waals surface area contributed by atoms with Crippen LogP contribution in [-0.2, 0) is 11.2 Å². The Labute approximate surface area is 111 Å². The van der Waals surface area contributed by atoms with Gasteiger partial charge in [0.05, 0.1) is 13.5 Å². The van der Waals surface area contributed by atoms with E-state index in [0.29, 0.717) is 11.4 Å². The van der Waals surface area contributed by atoms with Crippen LogP contribution in [0.3, 0.4) is 0 Å². The van der Waals surface area contributed by atoms with Gasteiger partial charge in [-0.3, -0.25) is 4.79 Å². The van der Waals surface area contributed by atoms with E-state index in [-0.39, 0.29) is 18.1 Å². The first-order valence-corrected chi connectivity index (χ1v) is 5.90. The molecule has 0 fully saturated rings. The molecule has 0 saturated heterocycles. The number of rotatable bonds is 4. The maximum absolute atomic E-state index is 11.9. The Kier molecular flexibility index (Phi) is 4.03. The molecule has 0 aliphatic carbocycles. The predicted molar refractivity (Wildman–Crippen MR) is 73.4 cm³/mol. The number of carbonyl (C=O) groups is 1. The second kappa shape index (κ2) is 5.91. The summed E-state index contributed by atoms with van der Waals surface area (Å²) in [6, 6.07) is 13.8. The maximum Gasteiger partial charge on any atom is 0.228 e. The number of phenolic OH excluding ortho intramolecular Hbond substituents is 1. The summed E-state index contributed by atoms with van der Waals surface area (Å²) < 4.78 is 5.20. The molecule has 19 heavy (non-hydrogen) atoms. The minimum atomic E-state index is -0.129. The third kappa shape index (κ3) is 3.48. The minimum Gasteiger partial charge on any atom is -0.508 e. The lowest BCUT2D eigenvalue weighted by atomic mass is 10.1. The summed E-state index contributed by atoms with van der Waals surface area (Å²) in [4.78, 5) is 11.9. The predicted octanol–water partition coefficient (Wildman–Crippen LogP) is 2.58. The highest BCUT2D eigenvalue weighted by atomic mass is 16.5. The third-order valence-electron chi connectivity index (χ3n) is 2.69. The SMILES string of the molecule is COc1ccccc1CC(=O)Nc1ccc(O)cc1. The van der Waals surface area contributed by atoms with Gasteiger partial charge >= 0.3 is 0 Å². The van der Waals surface area contributed by atoms with E-state index < -0.39 is 0 Å². The minimum absolute atomic E-state index is 0.129. The Morgan fingerprint density at radius 2 is 1.84 bits per heavy atom. The molecule has 2 N–H and O–H groups in total. The molecule has 0 aromatic heterocycles. The van der Waals surface area contributed by atoms with Crippen molar-refractivity contribution >= 4 is 11.6 Å². The van der Waals surface area contributed by atoms with E-state index in [1.807, 2.05) is 24.3 Å². The molecule has 0 spiro atoms. The average Bonchev–Trinajstić information content (AvgIpc) is 2.42. The van der Waals surface area contributed by atoms with Crippen LogP contribution in [0.25, 0.3) is 0 Å². The summed E-state index contributed by atoms with van der Waals surface area (Å²) in [5, 5.41) is 11.9. The van der Waals surface area contributed by atoms with Crippen LogP contribution in [0.4, 0.5) is 5.69 Å². The number of nitrogens with one attached hydrogen (secondary N) is 1. The van der Waals surface area contributed by atoms with Crippen molar-refractivity contribution in [3.8, 4) is 11.5 Å². The molecule has 2 aromatic carbocycles. The summed E-state index contributed by atoms with van der Waals surface area (Å²) >= 11 is 0. The van der Waals surface area contributed by atoms with Crippen molar-refractivity contribution < 1.29 is 14.6 Å². The van der Waals surface area contributed by atoms with Crippen molar-refractivity contribution in [2.45, 2.75) is 6.42 Å². The summed E-state index contributed by atoms with van der Waals surface area (Å²) in [6.45, 7) is 0. The van der Waals surface area contributed by atoms with Gasteiger partial charge in [0, 0.05) is 11.3 Å². The van der Waals surface area contributed by atoms with E-state index >= 15 is 0 Å². The number of methoxy groups -OCH3 is 1. The standard InChI is InChI=1S/C15H15NO3/c1-19-14-5-3-2-4-11(14)10-15(18)16-12-6-8-13(17)9-7-12/h2-9,17H,10H2,1H3,(H,16,18). The van der Waals surface area contributed by atoms with Crippen molar-refractivity contribution in [3.05, 3.63) is 54.1 Å². The van der Waals surface area contributed by atoms with E-state index in [9.17, 15) is 4.79 Å². The Hall–Kier alpha value is -2.49. The summed E-state index contributed by atoms with van der Waals surface area (Å²) in [5.74, 6) is 0.737. The van der Waals surface area contributed by atoms with Gasteiger partial charge in [0.25, 0.3) is 0 Å². The van der Waals surface area contributed by atoms with E-state index in [1.165, 1.54) is 12.1 Å². The van der Waals surface area contributed by atoms with Crippen LogP contribution in [0.15, 0.2) is 48.5 Å². The molecule has 0 saturated carbocycles. The number of hydrogen-bond acceptors (Lipinski definition) is 3. The van der Waals surface area contributed by atoms with Crippen molar-refractivity contribution in [1.82, 2.24) is 0 Å². The summed E-state index contributed by atoms with van der Waals surface area (Å²) in [5.41, 5.74) is 1.49. The monoisotopic (exact) mass is 257 g/mol. The van der Waals surface area contributed by atoms with Crippen molar-refractivity contribution in [1.29, 1.82) is 0 Å². The molecule has 4 heteroatoms. The first kappa shape index (κ1) is 13.0. The molecular weight excluding hydrogens is 242 g/mol. The second-order valence-electron chi connectivity index (χ2n) is 4.08. The van der Waals surface area contributed by atoms with Crippen LogP contribution in [0.2, 0.25) is 0 Å². The zero-order chi connectivity index (χ0) is 13.7. The molecule has 0 heterocycles. The fourth-order valence-corrected chi connectivity index (χ4v) is 1.77. The Morgan fingerprint density at radius 3 is 2.53 bits per heavy atom. The van der Waals surface area contributed by atoms with Crippen LogP contribution in [-0.4, -0.2) is 18.1 Å². The molecule has 4 nitrogen and oxygen atoms in total. The highest BCUT2D eigenvalue weighted by Gasteiger charge is 2.08.